The molecule has 0 aliphatic carbocycles. The van der Waals surface area contributed by atoms with Gasteiger partial charge in [0, 0.05) is 69.1 Å². The lowest BCUT2D eigenvalue weighted by Gasteiger charge is -2.22. The second-order valence-electron chi connectivity index (χ2n) is 16.6. The first-order valence-corrected chi connectivity index (χ1v) is 23.4. The maximum atomic E-state index is 12.8. The molecule has 8 atom stereocenters. The summed E-state index contributed by atoms with van der Waals surface area (Å²) >= 11 is 1.91. The molecule has 0 bridgehead atoms. The molecule has 0 saturated carbocycles. The van der Waals surface area contributed by atoms with E-state index in [0.29, 0.717) is 94.1 Å². The number of hydrogen-bond donors (Lipinski definition) is 5. The van der Waals surface area contributed by atoms with Crippen molar-refractivity contribution in [1.82, 2.24) is 35.5 Å². The number of anilines is 1. The number of imidazole rings is 1. The molecule has 6 N–H and O–H groups in total. The Morgan fingerprint density at radius 2 is 1.66 bits per heavy atom. The molecule has 0 spiro atoms. The predicted octanol–water partition coefficient (Wildman–Crippen LogP) is 1.94. The SMILES string of the molecule is CC1(CCC(=O)O[C@@H]2[C@H](O)[C@@H](COC(=O)CCCC(=O)NCCCOCCOCCOCCCCC(=O)CCCC[C@H]3SC[C@H]4NC(=O)N[C@H]43)O[C@H]2n2cnc3c(N)ncnc32)C=N1. The molecule has 4 aliphatic rings. The summed E-state index contributed by atoms with van der Waals surface area (Å²) in [5, 5.41) is 20.4. The molecule has 3 fully saturated rings. The van der Waals surface area contributed by atoms with Crippen molar-refractivity contribution in [2.75, 3.05) is 64.3 Å². The molecule has 1 unspecified atom stereocenters. The van der Waals surface area contributed by atoms with Crippen LogP contribution in [0.4, 0.5) is 10.6 Å². The van der Waals surface area contributed by atoms with Crippen LogP contribution in [0.15, 0.2) is 17.6 Å². The van der Waals surface area contributed by atoms with Crippen LogP contribution in [0, 0.1) is 0 Å². The van der Waals surface area contributed by atoms with Gasteiger partial charge in [0.25, 0.3) is 0 Å². The second-order valence-corrected chi connectivity index (χ2v) is 17.9. The van der Waals surface area contributed by atoms with E-state index >= 15 is 0 Å². The van der Waals surface area contributed by atoms with Crippen molar-refractivity contribution in [1.29, 1.82) is 0 Å². The number of nitrogens with one attached hydrogen (secondary N) is 3. The van der Waals surface area contributed by atoms with Crippen molar-refractivity contribution in [2.24, 2.45) is 4.99 Å². The van der Waals surface area contributed by atoms with E-state index in [1.807, 2.05) is 18.7 Å². The summed E-state index contributed by atoms with van der Waals surface area (Å²) in [6, 6.07) is 0.395. The van der Waals surface area contributed by atoms with Crippen molar-refractivity contribution < 1.29 is 57.5 Å². The third-order valence-corrected chi connectivity index (χ3v) is 13.0. The number of esters is 2. The number of carbonyl (C=O) groups excluding carboxylic acids is 5. The van der Waals surface area contributed by atoms with E-state index < -0.39 is 36.5 Å². The van der Waals surface area contributed by atoms with Crippen molar-refractivity contribution in [3.63, 3.8) is 0 Å². The van der Waals surface area contributed by atoms with Gasteiger partial charge in [0.1, 0.15) is 36.4 Å². The highest BCUT2D eigenvalue weighted by atomic mass is 32.2. The third kappa shape index (κ3) is 15.0. The van der Waals surface area contributed by atoms with Gasteiger partial charge in [0.15, 0.2) is 23.8 Å². The van der Waals surface area contributed by atoms with Gasteiger partial charge in [0.05, 0.1) is 50.4 Å². The standard InChI is InChI=1S/C42H63N9O12S/c1-42(24-48-42)14-13-33(55)63-37-36(56)29(62-40(37)51-26-47-35-38(43)45-25-46-39(35)51)22-61-32(54)12-6-11-31(53)44-15-7-17-59-19-21-60-20-18-58-16-5-4-9-27(52)8-2-3-10-30-34-28(23-64-30)49-41(57)50-34/h24-26,28-30,34,36-37,40,56H,2-23H2,1H3,(H,44,53)(H2,43,45,46)(H2,49,50,57)/t28-,29-,30-,34-,36-,37-,40-,42?/m1/s1. The topological polar surface area (TPSA) is 279 Å². The summed E-state index contributed by atoms with van der Waals surface area (Å²) in [6.07, 6.45) is 7.07. The van der Waals surface area contributed by atoms with Gasteiger partial charge in [-0.1, -0.05) is 6.42 Å². The maximum Gasteiger partial charge on any atom is 0.315 e. The van der Waals surface area contributed by atoms with Gasteiger partial charge >= 0.3 is 18.0 Å². The van der Waals surface area contributed by atoms with Crippen LogP contribution in [-0.4, -0.2) is 160 Å². The van der Waals surface area contributed by atoms with Crippen LogP contribution < -0.4 is 21.7 Å². The molecule has 3 saturated heterocycles. The van der Waals surface area contributed by atoms with E-state index in [-0.39, 0.29) is 67.7 Å². The largest absolute Gasteiger partial charge is 0.463 e. The zero-order valence-corrected chi connectivity index (χ0v) is 37.3. The lowest BCUT2D eigenvalue weighted by molar-refractivity contribution is -0.158. The second kappa shape index (κ2) is 24.7. The lowest BCUT2D eigenvalue weighted by Crippen LogP contribution is -2.37. The number of urea groups is 1. The van der Waals surface area contributed by atoms with E-state index in [1.54, 1.807) is 6.21 Å². The van der Waals surface area contributed by atoms with Crippen molar-refractivity contribution in [3.05, 3.63) is 12.7 Å². The van der Waals surface area contributed by atoms with Crippen LogP contribution >= 0.6 is 11.8 Å². The zero-order chi connectivity index (χ0) is 45.3. The van der Waals surface area contributed by atoms with Gasteiger partial charge in [-0.2, -0.15) is 11.8 Å². The van der Waals surface area contributed by atoms with Crippen LogP contribution in [0.2, 0.25) is 0 Å². The fourth-order valence-electron chi connectivity index (χ4n) is 7.70. The van der Waals surface area contributed by atoms with Crippen LogP contribution in [-0.2, 0) is 47.6 Å². The number of unbranched alkanes of at least 4 members (excludes halogenated alkanes) is 2. The first-order valence-electron chi connectivity index (χ1n) is 22.4. The number of ether oxygens (including phenoxy) is 6. The number of carbonyl (C=O) groups is 5. The molecular weight excluding hydrogens is 855 g/mol. The fourth-order valence-corrected chi connectivity index (χ4v) is 9.25. The molecule has 354 valence electrons. The highest BCUT2D eigenvalue weighted by molar-refractivity contribution is 8.00. The average Bonchev–Trinajstić information content (AvgIpc) is 3.57. The monoisotopic (exact) mass is 917 g/mol. The molecule has 64 heavy (non-hydrogen) atoms. The van der Waals surface area contributed by atoms with Gasteiger partial charge in [-0.25, -0.2) is 19.7 Å². The summed E-state index contributed by atoms with van der Waals surface area (Å²) in [7, 11) is 0. The van der Waals surface area contributed by atoms with E-state index in [1.165, 1.54) is 17.2 Å². The van der Waals surface area contributed by atoms with Crippen LogP contribution in [0.5, 0.6) is 0 Å². The number of aromatic nitrogens is 4. The summed E-state index contributed by atoms with van der Waals surface area (Å²) in [5.41, 5.74) is 6.21. The number of nitrogens with zero attached hydrogens (tertiary/aromatic N) is 5. The smallest absolute Gasteiger partial charge is 0.315 e. The minimum absolute atomic E-state index is 0.0266. The Bertz CT molecular complexity index is 1900. The molecule has 0 aromatic carbocycles. The molecule has 2 aromatic rings. The number of aliphatic hydroxyl groups excluding tert-OH is 1. The van der Waals surface area contributed by atoms with Crippen molar-refractivity contribution in [3.8, 4) is 0 Å². The molecular formula is C42H63N9O12S. The number of fused-ring (bicyclic) bond motifs is 2. The van der Waals surface area contributed by atoms with Gasteiger partial charge < -0.3 is 55.2 Å². The minimum Gasteiger partial charge on any atom is -0.463 e. The third-order valence-electron chi connectivity index (χ3n) is 11.5. The van der Waals surface area contributed by atoms with E-state index in [2.05, 4.69) is 35.9 Å². The van der Waals surface area contributed by atoms with Gasteiger partial charge in [-0.05, 0) is 51.9 Å². The van der Waals surface area contributed by atoms with Gasteiger partial charge in [-0.15, -0.1) is 0 Å². The average molecular weight is 918 g/mol. The van der Waals surface area contributed by atoms with Crippen LogP contribution in [0.3, 0.4) is 0 Å². The van der Waals surface area contributed by atoms with Gasteiger partial charge in [0.2, 0.25) is 5.91 Å². The van der Waals surface area contributed by atoms with Crippen LogP contribution in [0.1, 0.15) is 96.6 Å². The summed E-state index contributed by atoms with van der Waals surface area (Å²) in [4.78, 5) is 78.0. The highest BCUT2D eigenvalue weighted by Gasteiger charge is 2.49. The Morgan fingerprint density at radius 3 is 2.42 bits per heavy atom. The Morgan fingerprint density at radius 1 is 0.922 bits per heavy atom. The minimum atomic E-state index is -1.35. The zero-order valence-electron chi connectivity index (χ0n) is 36.5. The Kier molecular flexibility index (Phi) is 18.9. The number of hydrogen-bond acceptors (Lipinski definition) is 18. The number of nitrogens with two attached hydrogens (primary N) is 1. The van der Waals surface area contributed by atoms with Crippen LogP contribution in [0.25, 0.3) is 11.2 Å². The van der Waals surface area contributed by atoms with E-state index in [0.717, 1.165) is 37.9 Å². The number of Topliss-reactive ketones (excluding diaryl/α,β-unsaturated/α-hetero) is 1. The number of aliphatic hydroxyl groups is 1. The first kappa shape index (κ1) is 49.0. The molecule has 22 heteroatoms. The summed E-state index contributed by atoms with van der Waals surface area (Å²) in [5.74, 6) is 0.0701. The molecule has 3 amide bonds. The number of amides is 3. The molecule has 0 radical (unpaired) electrons. The first-order chi connectivity index (χ1) is 31.0. The fraction of sp³-hybridized carbons (Fsp3) is 0.738. The quantitative estimate of drug-likeness (QED) is 0.0411. The summed E-state index contributed by atoms with van der Waals surface area (Å²) in [6.45, 7) is 4.81. The molecule has 21 nitrogen and oxygen atoms in total. The van der Waals surface area contributed by atoms with Crippen molar-refractivity contribution in [2.45, 2.75) is 138 Å². The summed E-state index contributed by atoms with van der Waals surface area (Å²) < 4.78 is 35.4. The Balaban J connectivity index is 0.724. The molecule has 6 heterocycles. The van der Waals surface area contributed by atoms with E-state index in [4.69, 9.17) is 34.2 Å². The maximum absolute atomic E-state index is 12.8. The Hall–Kier alpha value is -4.48. The lowest BCUT2D eigenvalue weighted by atomic mass is 10.0. The number of thioether (sulfide) groups is 1. The predicted molar refractivity (Wildman–Crippen MR) is 233 cm³/mol. The molecule has 2 aromatic heterocycles. The molecule has 6 rings (SSSR count). The number of nitrogen functional groups attached to an aromatic ring is 1. The Labute approximate surface area is 376 Å². The number of ketones is 1. The number of aliphatic imine (C=N–C) groups is 1. The van der Waals surface area contributed by atoms with E-state index in [9.17, 15) is 29.1 Å². The van der Waals surface area contributed by atoms with Gasteiger partial charge in [-0.3, -0.25) is 28.7 Å². The molecule has 4 aliphatic heterocycles. The normalized spacial score (nSPS) is 25.5. The number of rotatable bonds is 31. The van der Waals surface area contributed by atoms with Crippen molar-refractivity contribution >= 4 is 64.6 Å². The highest BCUT2D eigenvalue weighted by Crippen LogP contribution is 2.36.